The number of nitrogens with zero attached hydrogens (tertiary/aromatic N) is 1. The number of guanidine groups is 1. The highest BCUT2D eigenvalue weighted by atomic mass is 19.1. The van der Waals surface area contributed by atoms with Gasteiger partial charge in [0, 0.05) is 25.7 Å². The Balaban J connectivity index is 1.91. The van der Waals surface area contributed by atoms with E-state index in [1.54, 1.807) is 13.1 Å². The largest absolute Gasteiger partial charge is 0.494 e. The zero-order chi connectivity index (χ0) is 18.8. The summed E-state index contributed by atoms with van der Waals surface area (Å²) in [6.45, 7) is 5.88. The average Bonchev–Trinajstić information content (AvgIpc) is 2.65. The zero-order valence-electron chi connectivity index (χ0n) is 15.5. The summed E-state index contributed by atoms with van der Waals surface area (Å²) in [5, 5.41) is 6.42. The van der Waals surface area contributed by atoms with Crippen molar-refractivity contribution in [3.8, 4) is 11.5 Å². The summed E-state index contributed by atoms with van der Waals surface area (Å²) in [7, 11) is 1.70. The van der Waals surface area contributed by atoms with Crippen LogP contribution in [0.4, 0.5) is 4.39 Å². The molecule has 0 aliphatic rings. The van der Waals surface area contributed by atoms with E-state index >= 15 is 0 Å². The minimum absolute atomic E-state index is 0.270. The van der Waals surface area contributed by atoms with Crippen molar-refractivity contribution in [3.05, 3.63) is 59.4 Å². The number of rotatable bonds is 8. The standard InChI is InChI=1S/C20H26FN3O2/c1-4-25-18-9-7-6-8-16(18)14-24-20(22-3)23-13-15-10-11-19(26-5-2)17(21)12-15/h6-12H,4-5,13-14H2,1-3H3,(H2,22,23,24). The maximum atomic E-state index is 13.9. The van der Waals surface area contributed by atoms with Gasteiger partial charge < -0.3 is 20.1 Å². The van der Waals surface area contributed by atoms with Crippen molar-refractivity contribution < 1.29 is 13.9 Å². The molecular formula is C20H26FN3O2. The Labute approximate surface area is 154 Å². The summed E-state index contributed by atoms with van der Waals surface area (Å²) in [5.41, 5.74) is 1.85. The lowest BCUT2D eigenvalue weighted by molar-refractivity contribution is 0.321. The van der Waals surface area contributed by atoms with Gasteiger partial charge in [0.1, 0.15) is 5.75 Å². The smallest absolute Gasteiger partial charge is 0.191 e. The van der Waals surface area contributed by atoms with Gasteiger partial charge in [0.2, 0.25) is 0 Å². The summed E-state index contributed by atoms with van der Waals surface area (Å²) < 4.78 is 24.8. The van der Waals surface area contributed by atoms with Gasteiger partial charge >= 0.3 is 0 Å². The number of benzene rings is 2. The number of nitrogens with one attached hydrogen (secondary N) is 2. The van der Waals surface area contributed by atoms with Crippen LogP contribution in [-0.2, 0) is 13.1 Å². The second-order valence-electron chi connectivity index (χ2n) is 5.52. The fourth-order valence-corrected chi connectivity index (χ4v) is 2.46. The van der Waals surface area contributed by atoms with Crippen LogP contribution in [0.25, 0.3) is 0 Å². The fraction of sp³-hybridized carbons (Fsp3) is 0.350. The van der Waals surface area contributed by atoms with Crippen LogP contribution < -0.4 is 20.1 Å². The predicted molar refractivity (Wildman–Crippen MR) is 102 cm³/mol. The highest BCUT2D eigenvalue weighted by molar-refractivity contribution is 5.79. The quantitative estimate of drug-likeness (QED) is 0.560. The van der Waals surface area contributed by atoms with E-state index in [1.165, 1.54) is 6.07 Å². The molecule has 0 fully saturated rings. The van der Waals surface area contributed by atoms with E-state index in [1.807, 2.05) is 44.2 Å². The summed E-state index contributed by atoms with van der Waals surface area (Å²) in [5.74, 6) is 1.39. The van der Waals surface area contributed by atoms with Crippen molar-refractivity contribution in [2.45, 2.75) is 26.9 Å². The lowest BCUT2D eigenvalue weighted by atomic mass is 10.2. The summed E-state index contributed by atoms with van der Waals surface area (Å²) in [6.07, 6.45) is 0. The van der Waals surface area contributed by atoms with E-state index in [0.717, 1.165) is 16.9 Å². The van der Waals surface area contributed by atoms with Gasteiger partial charge in [0.25, 0.3) is 0 Å². The lowest BCUT2D eigenvalue weighted by Crippen LogP contribution is -2.36. The molecule has 2 rings (SSSR count). The van der Waals surface area contributed by atoms with Crippen LogP contribution in [0.3, 0.4) is 0 Å². The molecule has 0 heterocycles. The molecule has 140 valence electrons. The van der Waals surface area contributed by atoms with Crippen LogP contribution in [0.15, 0.2) is 47.5 Å². The first kappa shape index (κ1) is 19.6. The van der Waals surface area contributed by atoms with Gasteiger partial charge in [-0.1, -0.05) is 24.3 Å². The maximum Gasteiger partial charge on any atom is 0.191 e. The van der Waals surface area contributed by atoms with Crippen LogP contribution in [0.1, 0.15) is 25.0 Å². The normalized spacial score (nSPS) is 11.2. The van der Waals surface area contributed by atoms with Crippen LogP contribution >= 0.6 is 0 Å². The van der Waals surface area contributed by atoms with Crippen LogP contribution in [0, 0.1) is 5.82 Å². The van der Waals surface area contributed by atoms with E-state index in [4.69, 9.17) is 9.47 Å². The molecule has 6 heteroatoms. The number of hydrogen-bond donors (Lipinski definition) is 2. The molecule has 26 heavy (non-hydrogen) atoms. The van der Waals surface area contributed by atoms with Crippen molar-refractivity contribution in [2.24, 2.45) is 4.99 Å². The average molecular weight is 359 g/mol. The van der Waals surface area contributed by atoms with Gasteiger partial charge in [0.15, 0.2) is 17.5 Å². The molecule has 2 aromatic carbocycles. The lowest BCUT2D eigenvalue weighted by Gasteiger charge is -2.14. The first-order valence-corrected chi connectivity index (χ1v) is 8.74. The maximum absolute atomic E-state index is 13.9. The third kappa shape index (κ3) is 5.65. The zero-order valence-corrected chi connectivity index (χ0v) is 15.5. The summed E-state index contributed by atoms with van der Waals surface area (Å²) >= 11 is 0. The number of halogens is 1. The van der Waals surface area contributed by atoms with E-state index in [-0.39, 0.29) is 11.6 Å². The van der Waals surface area contributed by atoms with Crippen molar-refractivity contribution in [1.82, 2.24) is 10.6 Å². The summed E-state index contributed by atoms with van der Waals surface area (Å²) in [4.78, 5) is 4.20. The molecule has 0 aromatic heterocycles. The van der Waals surface area contributed by atoms with Gasteiger partial charge in [-0.3, -0.25) is 4.99 Å². The van der Waals surface area contributed by atoms with Gasteiger partial charge in [-0.05, 0) is 37.6 Å². The van der Waals surface area contributed by atoms with Crippen LogP contribution in [0.5, 0.6) is 11.5 Å². The van der Waals surface area contributed by atoms with Crippen molar-refractivity contribution in [3.63, 3.8) is 0 Å². The highest BCUT2D eigenvalue weighted by Crippen LogP contribution is 2.19. The van der Waals surface area contributed by atoms with Gasteiger partial charge in [-0.2, -0.15) is 0 Å². The molecule has 0 bridgehead atoms. The molecule has 0 unspecified atom stereocenters. The Kier molecular flexibility index (Phi) is 7.74. The van der Waals surface area contributed by atoms with Crippen LogP contribution in [0.2, 0.25) is 0 Å². The number of hydrogen-bond acceptors (Lipinski definition) is 3. The third-order valence-electron chi connectivity index (χ3n) is 3.70. The topological polar surface area (TPSA) is 54.9 Å². The molecule has 0 amide bonds. The predicted octanol–water partition coefficient (Wildman–Crippen LogP) is 3.49. The molecule has 0 aliphatic carbocycles. The first-order valence-electron chi connectivity index (χ1n) is 8.74. The Morgan fingerprint density at radius 1 is 0.962 bits per heavy atom. The molecule has 0 aliphatic heterocycles. The van der Waals surface area contributed by atoms with Gasteiger partial charge in [0.05, 0.1) is 13.2 Å². The van der Waals surface area contributed by atoms with E-state index < -0.39 is 0 Å². The molecule has 2 aromatic rings. The second kappa shape index (κ2) is 10.3. The molecule has 0 saturated carbocycles. The first-order chi connectivity index (χ1) is 12.7. The number of ether oxygens (including phenoxy) is 2. The Morgan fingerprint density at radius 3 is 2.35 bits per heavy atom. The van der Waals surface area contributed by atoms with Crippen molar-refractivity contribution in [1.29, 1.82) is 0 Å². The van der Waals surface area contributed by atoms with E-state index in [9.17, 15) is 4.39 Å². The molecule has 2 N–H and O–H groups in total. The number of aliphatic imine (C=N–C) groups is 1. The molecule has 0 spiro atoms. The van der Waals surface area contributed by atoms with Gasteiger partial charge in [-0.25, -0.2) is 4.39 Å². The molecule has 0 radical (unpaired) electrons. The Hall–Kier alpha value is -2.76. The molecule has 0 atom stereocenters. The SMILES string of the molecule is CCOc1ccc(CNC(=NC)NCc2ccccc2OCC)cc1F. The number of para-hydroxylation sites is 1. The van der Waals surface area contributed by atoms with Crippen molar-refractivity contribution in [2.75, 3.05) is 20.3 Å². The minimum atomic E-state index is -0.361. The monoisotopic (exact) mass is 359 g/mol. The Bertz CT molecular complexity index is 735. The minimum Gasteiger partial charge on any atom is -0.494 e. The summed E-state index contributed by atoms with van der Waals surface area (Å²) in [6, 6.07) is 12.8. The van der Waals surface area contributed by atoms with Gasteiger partial charge in [-0.15, -0.1) is 0 Å². The Morgan fingerprint density at radius 2 is 1.65 bits per heavy atom. The highest BCUT2D eigenvalue weighted by Gasteiger charge is 2.06. The van der Waals surface area contributed by atoms with Crippen LogP contribution in [-0.4, -0.2) is 26.2 Å². The van der Waals surface area contributed by atoms with E-state index in [2.05, 4.69) is 15.6 Å². The molecule has 0 saturated heterocycles. The fourth-order valence-electron chi connectivity index (χ4n) is 2.46. The van der Waals surface area contributed by atoms with Crippen molar-refractivity contribution >= 4 is 5.96 Å². The third-order valence-corrected chi connectivity index (χ3v) is 3.70. The second-order valence-corrected chi connectivity index (χ2v) is 5.52. The molecular weight excluding hydrogens is 333 g/mol. The van der Waals surface area contributed by atoms with E-state index in [0.29, 0.717) is 32.3 Å². The molecule has 5 nitrogen and oxygen atoms in total.